The minimum absolute atomic E-state index is 0.102. The third-order valence-electron chi connectivity index (χ3n) is 3.60. The zero-order valence-corrected chi connectivity index (χ0v) is 11.8. The summed E-state index contributed by atoms with van der Waals surface area (Å²) in [6.45, 7) is 4.56. The number of carbonyl (C=O) groups is 1. The summed E-state index contributed by atoms with van der Waals surface area (Å²) >= 11 is 0. The summed E-state index contributed by atoms with van der Waals surface area (Å²) in [5, 5.41) is 9.20. The summed E-state index contributed by atoms with van der Waals surface area (Å²) in [5.41, 5.74) is 0.988. The number of aliphatic hydroxyl groups excluding tert-OH is 1. The van der Waals surface area contributed by atoms with Crippen molar-refractivity contribution in [2.45, 2.75) is 25.9 Å². The van der Waals surface area contributed by atoms with Crippen molar-refractivity contribution < 1.29 is 14.3 Å². The van der Waals surface area contributed by atoms with Crippen LogP contribution in [0.4, 0.5) is 10.1 Å². The van der Waals surface area contributed by atoms with Crippen LogP contribution in [0.2, 0.25) is 0 Å². The van der Waals surface area contributed by atoms with Crippen molar-refractivity contribution in [1.29, 1.82) is 0 Å². The standard InChI is InChI=1S/C15H21FN2O2/c1-12(19)2-7-15(20)18-10-8-17(9-11-18)14-5-3-13(16)4-6-14/h3-6,12,19H,2,7-11H2,1H3. The van der Waals surface area contributed by atoms with Gasteiger partial charge in [0.2, 0.25) is 5.91 Å². The summed E-state index contributed by atoms with van der Waals surface area (Å²) < 4.78 is 12.9. The average Bonchev–Trinajstić information content (AvgIpc) is 2.46. The molecule has 110 valence electrons. The molecule has 1 aromatic rings. The molecule has 0 aromatic heterocycles. The van der Waals surface area contributed by atoms with Gasteiger partial charge in [0.25, 0.3) is 0 Å². The van der Waals surface area contributed by atoms with E-state index in [4.69, 9.17) is 0 Å². The van der Waals surface area contributed by atoms with E-state index < -0.39 is 6.10 Å². The number of halogens is 1. The van der Waals surface area contributed by atoms with Crippen LogP contribution in [0.15, 0.2) is 24.3 Å². The Balaban J connectivity index is 1.83. The zero-order valence-electron chi connectivity index (χ0n) is 11.8. The zero-order chi connectivity index (χ0) is 14.5. The Kier molecular flexibility index (Phi) is 4.95. The Morgan fingerprint density at radius 1 is 1.25 bits per heavy atom. The molecule has 1 fully saturated rings. The molecule has 0 aliphatic carbocycles. The lowest BCUT2D eigenvalue weighted by atomic mass is 10.2. The van der Waals surface area contributed by atoms with Gasteiger partial charge in [-0.25, -0.2) is 4.39 Å². The van der Waals surface area contributed by atoms with Crippen LogP contribution >= 0.6 is 0 Å². The first kappa shape index (κ1) is 14.8. The van der Waals surface area contributed by atoms with Crippen molar-refractivity contribution >= 4 is 11.6 Å². The number of aliphatic hydroxyl groups is 1. The van der Waals surface area contributed by atoms with E-state index in [9.17, 15) is 14.3 Å². The van der Waals surface area contributed by atoms with Crippen LogP contribution in [0, 0.1) is 5.82 Å². The maximum atomic E-state index is 12.9. The number of amides is 1. The molecule has 1 aromatic carbocycles. The molecule has 4 nitrogen and oxygen atoms in total. The second-order valence-electron chi connectivity index (χ2n) is 5.23. The normalized spacial score (nSPS) is 17.1. The Morgan fingerprint density at radius 2 is 1.85 bits per heavy atom. The third-order valence-corrected chi connectivity index (χ3v) is 3.60. The summed E-state index contributed by atoms with van der Waals surface area (Å²) in [7, 11) is 0. The number of hydrogen-bond acceptors (Lipinski definition) is 3. The van der Waals surface area contributed by atoms with Crippen molar-refractivity contribution in [3.8, 4) is 0 Å². The second kappa shape index (κ2) is 6.70. The SMILES string of the molecule is CC(O)CCC(=O)N1CCN(c2ccc(F)cc2)CC1. The van der Waals surface area contributed by atoms with Gasteiger partial charge in [0.15, 0.2) is 0 Å². The third kappa shape index (κ3) is 3.93. The van der Waals surface area contributed by atoms with Gasteiger partial charge in [-0.3, -0.25) is 4.79 Å². The topological polar surface area (TPSA) is 43.8 Å². The van der Waals surface area contributed by atoms with Gasteiger partial charge in [-0.2, -0.15) is 0 Å². The van der Waals surface area contributed by atoms with Crippen LogP contribution < -0.4 is 4.90 Å². The highest BCUT2D eigenvalue weighted by Crippen LogP contribution is 2.17. The van der Waals surface area contributed by atoms with Crippen molar-refractivity contribution in [1.82, 2.24) is 4.90 Å². The summed E-state index contributed by atoms with van der Waals surface area (Å²) in [4.78, 5) is 15.9. The highest BCUT2D eigenvalue weighted by atomic mass is 19.1. The Bertz CT molecular complexity index is 440. The highest BCUT2D eigenvalue weighted by molar-refractivity contribution is 5.76. The molecule has 1 saturated heterocycles. The molecule has 0 spiro atoms. The van der Waals surface area contributed by atoms with E-state index in [1.54, 1.807) is 19.1 Å². The molecule has 1 amide bonds. The minimum Gasteiger partial charge on any atom is -0.393 e. The maximum absolute atomic E-state index is 12.9. The first-order valence-corrected chi connectivity index (χ1v) is 7.02. The molecule has 0 radical (unpaired) electrons. The van der Waals surface area contributed by atoms with Crippen LogP contribution in [-0.4, -0.2) is 48.2 Å². The molecule has 5 heteroatoms. The smallest absolute Gasteiger partial charge is 0.222 e. The Morgan fingerprint density at radius 3 is 2.40 bits per heavy atom. The van der Waals surface area contributed by atoms with Gasteiger partial charge in [-0.1, -0.05) is 0 Å². The molecule has 0 saturated carbocycles. The fourth-order valence-electron chi connectivity index (χ4n) is 2.36. The lowest BCUT2D eigenvalue weighted by molar-refractivity contribution is -0.132. The fourth-order valence-corrected chi connectivity index (χ4v) is 2.36. The number of benzene rings is 1. The van der Waals surface area contributed by atoms with E-state index in [2.05, 4.69) is 4.90 Å². The van der Waals surface area contributed by atoms with Crippen molar-refractivity contribution in [3.05, 3.63) is 30.1 Å². The Labute approximate surface area is 118 Å². The lowest BCUT2D eigenvalue weighted by Crippen LogP contribution is -2.48. The van der Waals surface area contributed by atoms with Crippen molar-refractivity contribution in [2.75, 3.05) is 31.1 Å². The molecule has 20 heavy (non-hydrogen) atoms. The molecule has 1 heterocycles. The number of piperazine rings is 1. The molecular weight excluding hydrogens is 259 g/mol. The molecule has 2 rings (SSSR count). The van der Waals surface area contributed by atoms with E-state index in [1.807, 2.05) is 4.90 Å². The predicted molar refractivity (Wildman–Crippen MR) is 76.1 cm³/mol. The Hall–Kier alpha value is -1.62. The molecule has 1 aliphatic rings. The van der Waals surface area contributed by atoms with Crippen LogP contribution in [0.5, 0.6) is 0 Å². The first-order chi connectivity index (χ1) is 9.56. The fraction of sp³-hybridized carbons (Fsp3) is 0.533. The molecule has 0 bridgehead atoms. The number of carbonyl (C=O) groups excluding carboxylic acids is 1. The second-order valence-corrected chi connectivity index (χ2v) is 5.23. The van der Waals surface area contributed by atoms with E-state index in [-0.39, 0.29) is 11.7 Å². The van der Waals surface area contributed by atoms with Gasteiger partial charge in [0.05, 0.1) is 6.10 Å². The van der Waals surface area contributed by atoms with Crippen LogP contribution in [-0.2, 0) is 4.79 Å². The molecular formula is C15H21FN2O2. The lowest BCUT2D eigenvalue weighted by Gasteiger charge is -2.36. The van der Waals surface area contributed by atoms with Crippen molar-refractivity contribution in [3.63, 3.8) is 0 Å². The van der Waals surface area contributed by atoms with Crippen LogP contribution in [0.25, 0.3) is 0 Å². The van der Waals surface area contributed by atoms with Crippen molar-refractivity contribution in [2.24, 2.45) is 0 Å². The number of rotatable bonds is 4. The largest absolute Gasteiger partial charge is 0.393 e. The van der Waals surface area contributed by atoms with Gasteiger partial charge in [0, 0.05) is 38.3 Å². The molecule has 1 N–H and O–H groups in total. The first-order valence-electron chi connectivity index (χ1n) is 7.02. The molecule has 1 atom stereocenters. The quantitative estimate of drug-likeness (QED) is 0.912. The monoisotopic (exact) mass is 280 g/mol. The average molecular weight is 280 g/mol. The van der Waals surface area contributed by atoms with Gasteiger partial charge in [-0.05, 0) is 37.6 Å². The van der Waals surface area contributed by atoms with Gasteiger partial charge in [0.1, 0.15) is 5.82 Å². The summed E-state index contributed by atoms with van der Waals surface area (Å²) in [6, 6.07) is 6.44. The van der Waals surface area contributed by atoms with Crippen LogP contribution in [0.1, 0.15) is 19.8 Å². The van der Waals surface area contributed by atoms with E-state index in [0.717, 1.165) is 18.8 Å². The van der Waals surface area contributed by atoms with E-state index in [1.165, 1.54) is 12.1 Å². The predicted octanol–water partition coefficient (Wildman–Crippen LogP) is 1.64. The van der Waals surface area contributed by atoms with Gasteiger partial charge >= 0.3 is 0 Å². The van der Waals surface area contributed by atoms with E-state index in [0.29, 0.717) is 25.9 Å². The van der Waals surface area contributed by atoms with E-state index >= 15 is 0 Å². The van der Waals surface area contributed by atoms with Crippen LogP contribution in [0.3, 0.4) is 0 Å². The van der Waals surface area contributed by atoms with Gasteiger partial charge in [-0.15, -0.1) is 0 Å². The summed E-state index contributed by atoms with van der Waals surface area (Å²) in [6.07, 6.45) is 0.477. The number of anilines is 1. The van der Waals surface area contributed by atoms with Gasteiger partial charge < -0.3 is 14.9 Å². The molecule has 1 aliphatic heterocycles. The minimum atomic E-state index is -0.431. The highest BCUT2D eigenvalue weighted by Gasteiger charge is 2.21. The number of hydrogen-bond donors (Lipinski definition) is 1. The molecule has 1 unspecified atom stereocenters. The number of nitrogens with zero attached hydrogens (tertiary/aromatic N) is 2. The summed E-state index contributed by atoms with van der Waals surface area (Å²) in [5.74, 6) is -0.134. The maximum Gasteiger partial charge on any atom is 0.222 e.